The van der Waals surface area contributed by atoms with Crippen molar-refractivity contribution >= 4 is 0 Å². The number of ether oxygens (including phenoxy) is 5. The molecule has 6 nitrogen and oxygen atoms in total. The Hall–Kier alpha value is -2.58. The second kappa shape index (κ2) is 14.7. The third-order valence-electron chi connectivity index (χ3n) is 5.76. The van der Waals surface area contributed by atoms with Gasteiger partial charge >= 0.3 is 0 Å². The fourth-order valence-corrected chi connectivity index (χ4v) is 4.16. The van der Waals surface area contributed by atoms with Gasteiger partial charge in [-0.3, -0.25) is 0 Å². The third kappa shape index (κ3) is 7.70. The topological polar surface area (TPSA) is 66.4 Å². The van der Waals surface area contributed by atoms with Gasteiger partial charge in [-0.2, -0.15) is 0 Å². The summed E-state index contributed by atoms with van der Waals surface area (Å²) in [6.07, 6.45) is 0.606. The molecule has 188 valence electrons. The Balaban J connectivity index is 1.93. The van der Waals surface area contributed by atoms with Crippen molar-refractivity contribution in [2.45, 2.75) is 49.8 Å². The largest absolute Gasteiger partial charge is 0.387 e. The lowest BCUT2D eigenvalue weighted by molar-refractivity contribution is -0.273. The highest BCUT2D eigenvalue weighted by molar-refractivity contribution is 5.15. The number of hydrogen-bond acceptors (Lipinski definition) is 6. The lowest BCUT2D eigenvalue weighted by Gasteiger charge is -2.48. The maximum Gasteiger partial charge on any atom is 0.116 e. The molecule has 0 aliphatic heterocycles. The van der Waals surface area contributed by atoms with Gasteiger partial charge in [-0.15, -0.1) is 19.7 Å². The van der Waals surface area contributed by atoms with Gasteiger partial charge in [0, 0.05) is 0 Å². The van der Waals surface area contributed by atoms with Crippen LogP contribution < -0.4 is 0 Å². The van der Waals surface area contributed by atoms with Gasteiger partial charge < -0.3 is 28.8 Å². The van der Waals surface area contributed by atoms with Gasteiger partial charge in [-0.05, 0) is 11.1 Å². The molecule has 2 aromatic rings. The second-order valence-corrected chi connectivity index (χ2v) is 8.27. The molecule has 1 aliphatic carbocycles. The van der Waals surface area contributed by atoms with Crippen molar-refractivity contribution in [3.05, 3.63) is 110 Å². The molecule has 1 aliphatic rings. The first-order valence-corrected chi connectivity index (χ1v) is 11.9. The van der Waals surface area contributed by atoms with Crippen molar-refractivity contribution in [2.24, 2.45) is 0 Å². The average Bonchev–Trinajstić information content (AvgIpc) is 2.90. The molecular weight excluding hydrogens is 444 g/mol. The van der Waals surface area contributed by atoms with Crippen LogP contribution in [-0.4, -0.2) is 61.6 Å². The molecule has 3 rings (SSSR count). The molecule has 0 aromatic heterocycles. The Morgan fingerprint density at radius 1 is 0.543 bits per heavy atom. The Morgan fingerprint density at radius 3 is 1.29 bits per heavy atom. The number of rotatable bonds is 15. The predicted molar refractivity (Wildman–Crippen MR) is 136 cm³/mol. The quantitative estimate of drug-likeness (QED) is 0.385. The van der Waals surface area contributed by atoms with Crippen LogP contribution >= 0.6 is 0 Å². The summed E-state index contributed by atoms with van der Waals surface area (Å²) >= 11 is 0. The lowest BCUT2D eigenvalue weighted by atomic mass is 9.83. The minimum Gasteiger partial charge on any atom is -0.387 e. The van der Waals surface area contributed by atoms with E-state index in [-0.39, 0.29) is 19.8 Å². The van der Waals surface area contributed by atoms with Crippen molar-refractivity contribution < 1.29 is 28.8 Å². The van der Waals surface area contributed by atoms with Crippen molar-refractivity contribution in [2.75, 3.05) is 19.8 Å². The molecule has 1 fully saturated rings. The minimum absolute atomic E-state index is 0.241. The van der Waals surface area contributed by atoms with Crippen LogP contribution in [0.15, 0.2) is 98.6 Å². The lowest BCUT2D eigenvalue weighted by Crippen LogP contribution is -2.67. The molecule has 0 saturated heterocycles. The van der Waals surface area contributed by atoms with Crippen LogP contribution in [0.1, 0.15) is 11.1 Å². The monoisotopic (exact) mass is 480 g/mol. The zero-order valence-electron chi connectivity index (χ0n) is 20.1. The molecule has 0 radical (unpaired) electrons. The van der Waals surface area contributed by atoms with E-state index in [4.69, 9.17) is 23.7 Å². The van der Waals surface area contributed by atoms with Crippen LogP contribution in [0.25, 0.3) is 0 Å². The number of benzene rings is 2. The highest BCUT2D eigenvalue weighted by Gasteiger charge is 2.53. The summed E-state index contributed by atoms with van der Waals surface area (Å²) in [5, 5.41) is 11.4. The van der Waals surface area contributed by atoms with E-state index in [0.717, 1.165) is 11.1 Å². The molecular formula is C29H36O6. The zero-order valence-corrected chi connectivity index (χ0v) is 20.1. The third-order valence-corrected chi connectivity index (χ3v) is 5.76. The van der Waals surface area contributed by atoms with E-state index in [1.165, 1.54) is 0 Å². The summed E-state index contributed by atoms with van der Waals surface area (Å²) in [6.45, 7) is 12.7. The summed E-state index contributed by atoms with van der Waals surface area (Å²) < 4.78 is 31.0. The first-order chi connectivity index (χ1) is 17.2. The molecule has 35 heavy (non-hydrogen) atoms. The molecule has 0 amide bonds. The Bertz CT molecular complexity index is 887. The van der Waals surface area contributed by atoms with Gasteiger partial charge in [0.15, 0.2) is 0 Å². The predicted octanol–water partition coefficient (Wildman–Crippen LogP) is 4.25. The Kier molecular flexibility index (Phi) is 11.4. The maximum absolute atomic E-state index is 11.4. The fourth-order valence-electron chi connectivity index (χ4n) is 4.16. The Morgan fingerprint density at radius 2 is 0.886 bits per heavy atom. The average molecular weight is 481 g/mol. The van der Waals surface area contributed by atoms with E-state index >= 15 is 0 Å². The van der Waals surface area contributed by atoms with Crippen LogP contribution in [0.3, 0.4) is 0 Å². The van der Waals surface area contributed by atoms with Gasteiger partial charge in [0.2, 0.25) is 0 Å². The van der Waals surface area contributed by atoms with E-state index in [0.29, 0.717) is 13.2 Å². The minimum atomic E-state index is -1.03. The van der Waals surface area contributed by atoms with E-state index in [9.17, 15) is 5.11 Å². The molecule has 1 N–H and O–H groups in total. The van der Waals surface area contributed by atoms with Crippen molar-refractivity contribution in [3.63, 3.8) is 0 Å². The SMILES string of the molecule is C=CCO[C@H]1[C@@H](OCc2ccccc2)[C@@H](OCc2ccccc2)[C@@H](OCC=C)[C@@H](O)[C@H]1OCC=C. The fraction of sp³-hybridized carbons (Fsp3) is 0.379. The first-order valence-electron chi connectivity index (χ1n) is 11.9. The summed E-state index contributed by atoms with van der Waals surface area (Å²) in [5.74, 6) is 0. The van der Waals surface area contributed by atoms with Gasteiger partial charge in [0.05, 0.1) is 33.0 Å². The first kappa shape index (κ1) is 27.0. The van der Waals surface area contributed by atoms with E-state index in [1.54, 1.807) is 18.2 Å². The number of aliphatic hydroxyl groups is 1. The van der Waals surface area contributed by atoms with Crippen molar-refractivity contribution in [1.29, 1.82) is 0 Å². The normalized spacial score (nSPS) is 26.2. The van der Waals surface area contributed by atoms with Gasteiger partial charge in [-0.25, -0.2) is 0 Å². The van der Waals surface area contributed by atoms with Gasteiger partial charge in [-0.1, -0.05) is 78.9 Å². The molecule has 0 unspecified atom stereocenters. The van der Waals surface area contributed by atoms with Crippen molar-refractivity contribution in [3.8, 4) is 0 Å². The molecule has 0 heterocycles. The van der Waals surface area contributed by atoms with Gasteiger partial charge in [0.1, 0.15) is 36.6 Å². The highest BCUT2D eigenvalue weighted by Crippen LogP contribution is 2.33. The zero-order chi connectivity index (χ0) is 24.9. The second-order valence-electron chi connectivity index (χ2n) is 8.27. The summed E-state index contributed by atoms with van der Waals surface area (Å²) in [6, 6.07) is 19.7. The summed E-state index contributed by atoms with van der Waals surface area (Å²) in [4.78, 5) is 0. The van der Waals surface area contributed by atoms with Crippen LogP contribution in [0.5, 0.6) is 0 Å². The van der Waals surface area contributed by atoms with E-state index in [1.807, 2.05) is 60.7 Å². The van der Waals surface area contributed by atoms with Gasteiger partial charge in [0.25, 0.3) is 0 Å². The maximum atomic E-state index is 11.4. The summed E-state index contributed by atoms with van der Waals surface area (Å²) in [7, 11) is 0. The van der Waals surface area contributed by atoms with Crippen LogP contribution in [-0.2, 0) is 36.9 Å². The standard InChI is InChI=1S/C29H36O6/c1-4-17-31-25-24(30)26(32-18-5-2)28(34-20-22-13-9-7-10-14-22)29(27(25)33-19-6-3)35-21-23-15-11-8-12-16-23/h4-16,24-30H,1-3,17-21H2/t24-,25+,26-,27+,28-,29+/m0/s1. The van der Waals surface area contributed by atoms with E-state index < -0.39 is 36.6 Å². The van der Waals surface area contributed by atoms with Crippen LogP contribution in [0.2, 0.25) is 0 Å². The molecule has 0 spiro atoms. The molecule has 0 bridgehead atoms. The number of aliphatic hydroxyl groups excluding tert-OH is 1. The molecule has 6 atom stereocenters. The van der Waals surface area contributed by atoms with Crippen LogP contribution in [0, 0.1) is 0 Å². The summed E-state index contributed by atoms with van der Waals surface area (Å²) in [5.41, 5.74) is 2.01. The Labute approximate surface area is 208 Å². The molecule has 6 heteroatoms. The molecule has 1 saturated carbocycles. The highest BCUT2D eigenvalue weighted by atomic mass is 16.6. The number of hydrogen-bond donors (Lipinski definition) is 1. The van der Waals surface area contributed by atoms with Crippen LogP contribution in [0.4, 0.5) is 0 Å². The smallest absolute Gasteiger partial charge is 0.116 e. The van der Waals surface area contributed by atoms with Crippen molar-refractivity contribution in [1.82, 2.24) is 0 Å². The molecule has 2 aromatic carbocycles. The van der Waals surface area contributed by atoms with E-state index in [2.05, 4.69) is 19.7 Å².